The summed E-state index contributed by atoms with van der Waals surface area (Å²) in [4.78, 5) is 10.9. The molecule has 14 heavy (non-hydrogen) atoms. The molecule has 0 N–H and O–H groups in total. The Labute approximate surface area is 82.6 Å². The maximum atomic E-state index is 10.9. The third kappa shape index (κ3) is 1.87. The van der Waals surface area contributed by atoms with E-state index in [0.717, 1.165) is 11.1 Å². The molecule has 1 saturated heterocycles. The second-order valence-corrected chi connectivity index (χ2v) is 3.31. The molecule has 1 aromatic rings. The number of cyclic esters (lactones) is 2. The van der Waals surface area contributed by atoms with Crippen molar-refractivity contribution in [1.82, 2.24) is 0 Å². The number of aryl methyl sites for hydroxylation is 1. The van der Waals surface area contributed by atoms with Crippen LogP contribution in [0.2, 0.25) is 0 Å². The van der Waals surface area contributed by atoms with Gasteiger partial charge in [0.25, 0.3) is 0 Å². The highest BCUT2D eigenvalue weighted by molar-refractivity contribution is 5.61. The van der Waals surface area contributed by atoms with Gasteiger partial charge in [-0.15, -0.1) is 0 Å². The Morgan fingerprint density at radius 1 is 1.57 bits per heavy atom. The minimum Gasteiger partial charge on any atom is -0.434 e. The highest BCUT2D eigenvalue weighted by Crippen LogP contribution is 2.25. The highest BCUT2D eigenvalue weighted by atomic mass is 16.7. The second-order valence-electron chi connectivity index (χ2n) is 3.31. The first kappa shape index (κ1) is 9.06. The van der Waals surface area contributed by atoms with E-state index >= 15 is 0 Å². The molecule has 0 bridgehead atoms. The van der Waals surface area contributed by atoms with E-state index in [2.05, 4.69) is 10.8 Å². The maximum absolute atomic E-state index is 10.9. The molecule has 0 saturated carbocycles. The molecule has 1 atom stereocenters. The van der Waals surface area contributed by atoms with Crippen LogP contribution in [-0.4, -0.2) is 12.8 Å². The van der Waals surface area contributed by atoms with Gasteiger partial charge in [-0.25, -0.2) is 4.79 Å². The van der Waals surface area contributed by atoms with Crippen molar-refractivity contribution in [3.05, 3.63) is 35.4 Å². The number of carbonyl (C=O) groups is 1. The Hall–Kier alpha value is -1.51. The molecule has 1 unspecified atom stereocenters. The molecular formula is C11H11O3. The molecule has 73 valence electrons. The fourth-order valence-electron chi connectivity index (χ4n) is 1.47. The SMILES string of the molecule is Cc1cc[c]c(C2CCOC(=O)O2)c1. The van der Waals surface area contributed by atoms with Crippen LogP contribution >= 0.6 is 0 Å². The molecular weight excluding hydrogens is 180 g/mol. The molecule has 0 amide bonds. The molecule has 3 heteroatoms. The number of carbonyl (C=O) groups excluding carboxylic acids is 1. The van der Waals surface area contributed by atoms with Gasteiger partial charge in [0.05, 0.1) is 6.61 Å². The summed E-state index contributed by atoms with van der Waals surface area (Å²) in [6.07, 6.45) is -0.0848. The van der Waals surface area contributed by atoms with E-state index in [1.54, 1.807) is 0 Å². The van der Waals surface area contributed by atoms with Crippen LogP contribution in [0.5, 0.6) is 0 Å². The summed E-state index contributed by atoms with van der Waals surface area (Å²) in [5.74, 6) is 0. The van der Waals surface area contributed by atoms with E-state index in [1.165, 1.54) is 0 Å². The van der Waals surface area contributed by atoms with Crippen molar-refractivity contribution in [2.24, 2.45) is 0 Å². The van der Waals surface area contributed by atoms with Gasteiger partial charge in [-0.05, 0) is 13.0 Å². The van der Waals surface area contributed by atoms with Gasteiger partial charge in [0.15, 0.2) is 0 Å². The quantitative estimate of drug-likeness (QED) is 0.639. The Balaban J connectivity index is 2.17. The van der Waals surface area contributed by atoms with Gasteiger partial charge in [0.1, 0.15) is 6.10 Å². The molecule has 2 rings (SSSR count). The van der Waals surface area contributed by atoms with E-state index in [4.69, 9.17) is 4.74 Å². The summed E-state index contributed by atoms with van der Waals surface area (Å²) in [5.41, 5.74) is 2.06. The van der Waals surface area contributed by atoms with Crippen LogP contribution in [0.3, 0.4) is 0 Å². The minimum atomic E-state index is -0.587. The van der Waals surface area contributed by atoms with Crippen molar-refractivity contribution in [2.75, 3.05) is 6.61 Å². The van der Waals surface area contributed by atoms with Crippen molar-refractivity contribution in [1.29, 1.82) is 0 Å². The zero-order chi connectivity index (χ0) is 9.97. The lowest BCUT2D eigenvalue weighted by atomic mass is 10.0. The fourth-order valence-corrected chi connectivity index (χ4v) is 1.47. The molecule has 1 fully saturated rings. The van der Waals surface area contributed by atoms with Crippen LogP contribution in [-0.2, 0) is 9.47 Å². The molecule has 1 aliphatic heterocycles. The van der Waals surface area contributed by atoms with Gasteiger partial charge in [-0.1, -0.05) is 23.8 Å². The predicted molar refractivity (Wildman–Crippen MR) is 49.8 cm³/mol. The van der Waals surface area contributed by atoms with Crippen molar-refractivity contribution in [2.45, 2.75) is 19.4 Å². The minimum absolute atomic E-state index is 0.198. The van der Waals surface area contributed by atoms with Gasteiger partial charge in [-0.3, -0.25) is 0 Å². The maximum Gasteiger partial charge on any atom is 0.508 e. The number of hydrogen-bond acceptors (Lipinski definition) is 3. The molecule has 0 aliphatic carbocycles. The molecule has 1 radical (unpaired) electrons. The van der Waals surface area contributed by atoms with E-state index in [-0.39, 0.29) is 6.10 Å². The Morgan fingerprint density at radius 3 is 3.14 bits per heavy atom. The first-order valence-corrected chi connectivity index (χ1v) is 4.57. The number of rotatable bonds is 1. The zero-order valence-electron chi connectivity index (χ0n) is 7.95. The van der Waals surface area contributed by atoms with Crippen LogP contribution in [0.1, 0.15) is 23.7 Å². The van der Waals surface area contributed by atoms with Crippen LogP contribution in [0, 0.1) is 13.0 Å². The summed E-state index contributed by atoms with van der Waals surface area (Å²) in [6, 6.07) is 8.85. The molecule has 3 nitrogen and oxygen atoms in total. The van der Waals surface area contributed by atoms with Crippen molar-refractivity contribution < 1.29 is 14.3 Å². The summed E-state index contributed by atoms with van der Waals surface area (Å²) in [5, 5.41) is 0. The topological polar surface area (TPSA) is 35.5 Å². The number of ether oxygens (including phenoxy) is 2. The van der Waals surface area contributed by atoms with E-state index in [1.807, 2.05) is 25.1 Å². The first-order chi connectivity index (χ1) is 6.75. The van der Waals surface area contributed by atoms with Gasteiger partial charge < -0.3 is 9.47 Å². The number of benzene rings is 1. The monoisotopic (exact) mass is 191 g/mol. The van der Waals surface area contributed by atoms with Crippen molar-refractivity contribution in [3.8, 4) is 0 Å². The molecule has 0 spiro atoms. The third-order valence-corrected chi connectivity index (χ3v) is 2.16. The average Bonchev–Trinajstić information content (AvgIpc) is 2.18. The smallest absolute Gasteiger partial charge is 0.434 e. The molecule has 1 heterocycles. The van der Waals surface area contributed by atoms with Gasteiger partial charge in [0.2, 0.25) is 0 Å². The molecule has 0 aromatic heterocycles. The predicted octanol–water partition coefficient (Wildman–Crippen LogP) is 2.39. The summed E-state index contributed by atoms with van der Waals surface area (Å²) in [6.45, 7) is 2.42. The lowest BCUT2D eigenvalue weighted by Crippen LogP contribution is -2.21. The van der Waals surface area contributed by atoms with Crippen LogP contribution < -0.4 is 0 Å². The van der Waals surface area contributed by atoms with Crippen molar-refractivity contribution in [3.63, 3.8) is 0 Å². The lowest BCUT2D eigenvalue weighted by Gasteiger charge is -2.22. The van der Waals surface area contributed by atoms with Crippen molar-refractivity contribution >= 4 is 6.16 Å². The van der Waals surface area contributed by atoms with E-state index in [9.17, 15) is 4.79 Å². The summed E-state index contributed by atoms with van der Waals surface area (Å²) < 4.78 is 9.72. The third-order valence-electron chi connectivity index (χ3n) is 2.16. The Bertz CT molecular complexity index is 346. The first-order valence-electron chi connectivity index (χ1n) is 4.57. The molecule has 1 aromatic carbocycles. The van der Waals surface area contributed by atoms with E-state index in [0.29, 0.717) is 13.0 Å². The summed E-state index contributed by atoms with van der Waals surface area (Å²) in [7, 11) is 0. The van der Waals surface area contributed by atoms with Crippen LogP contribution in [0.15, 0.2) is 18.2 Å². The second kappa shape index (κ2) is 3.70. The molecule has 1 aliphatic rings. The van der Waals surface area contributed by atoms with Gasteiger partial charge in [0, 0.05) is 12.0 Å². The Kier molecular flexibility index (Phi) is 2.39. The van der Waals surface area contributed by atoms with E-state index < -0.39 is 6.16 Å². The van der Waals surface area contributed by atoms with Crippen LogP contribution in [0.4, 0.5) is 4.79 Å². The standard InChI is InChI=1S/C11H11O3/c1-8-3-2-4-9(7-8)10-5-6-13-11(12)14-10/h2-3,7,10H,5-6H2,1H3. The van der Waals surface area contributed by atoms with Gasteiger partial charge >= 0.3 is 6.16 Å². The average molecular weight is 191 g/mol. The largest absolute Gasteiger partial charge is 0.508 e. The normalized spacial score (nSPS) is 21.2. The lowest BCUT2D eigenvalue weighted by molar-refractivity contribution is -0.0236. The Morgan fingerprint density at radius 2 is 2.43 bits per heavy atom. The van der Waals surface area contributed by atoms with Gasteiger partial charge in [-0.2, -0.15) is 0 Å². The number of hydrogen-bond donors (Lipinski definition) is 0. The zero-order valence-corrected chi connectivity index (χ0v) is 7.95. The fraction of sp³-hybridized carbons (Fsp3) is 0.364. The summed E-state index contributed by atoms with van der Waals surface area (Å²) >= 11 is 0. The van der Waals surface area contributed by atoms with Crippen LogP contribution in [0.25, 0.3) is 0 Å². The highest BCUT2D eigenvalue weighted by Gasteiger charge is 2.23.